The average molecular weight is 280 g/mol. The molecule has 0 saturated carbocycles. The zero-order chi connectivity index (χ0) is 13.8. The molecule has 2 aromatic rings. The zero-order valence-corrected chi connectivity index (χ0v) is 11.1. The Labute approximate surface area is 115 Å². The number of benzene rings is 1. The van der Waals surface area contributed by atoms with Crippen LogP contribution in [0.2, 0.25) is 5.02 Å². The summed E-state index contributed by atoms with van der Waals surface area (Å²) in [5.41, 5.74) is 8.38. The monoisotopic (exact) mass is 279 g/mol. The lowest BCUT2D eigenvalue weighted by Crippen LogP contribution is -2.33. The highest BCUT2D eigenvalue weighted by molar-refractivity contribution is 6.30. The number of aromatic nitrogens is 2. The Morgan fingerprint density at radius 3 is 2.79 bits per heavy atom. The van der Waals surface area contributed by atoms with E-state index in [2.05, 4.69) is 14.9 Å². The van der Waals surface area contributed by atoms with Crippen molar-refractivity contribution in [3.63, 3.8) is 0 Å². The molecule has 6 heteroatoms. The molecule has 1 aromatic carbocycles. The van der Waals surface area contributed by atoms with Crippen LogP contribution in [-0.4, -0.2) is 29.3 Å². The van der Waals surface area contributed by atoms with E-state index in [1.807, 2.05) is 12.1 Å². The summed E-state index contributed by atoms with van der Waals surface area (Å²) < 4.78 is 4.61. The third-order valence-electron chi connectivity index (χ3n) is 2.79. The molecule has 100 valence electrons. The number of carbonyl (C=O) groups is 1. The predicted molar refractivity (Wildman–Crippen MR) is 72.7 cm³/mol. The molecule has 0 saturated heterocycles. The van der Waals surface area contributed by atoms with Crippen LogP contribution in [-0.2, 0) is 16.0 Å². The lowest BCUT2D eigenvalue weighted by Gasteiger charge is -2.09. The largest absolute Gasteiger partial charge is 0.468 e. The summed E-state index contributed by atoms with van der Waals surface area (Å²) in [6.07, 6.45) is 2.02. The maximum absolute atomic E-state index is 11.3. The highest BCUT2D eigenvalue weighted by Gasteiger charge is 2.17. The van der Waals surface area contributed by atoms with Gasteiger partial charge in [0.15, 0.2) is 0 Å². The number of ether oxygens (including phenoxy) is 1. The first-order valence-corrected chi connectivity index (χ1v) is 6.11. The molecule has 0 spiro atoms. The van der Waals surface area contributed by atoms with E-state index >= 15 is 0 Å². The van der Waals surface area contributed by atoms with Crippen molar-refractivity contribution in [2.75, 3.05) is 7.11 Å². The topological polar surface area (TPSA) is 81.0 Å². The zero-order valence-electron chi connectivity index (χ0n) is 10.4. The molecule has 0 fully saturated rings. The molecule has 2 rings (SSSR count). The van der Waals surface area contributed by atoms with Gasteiger partial charge in [0.05, 0.1) is 19.0 Å². The fourth-order valence-electron chi connectivity index (χ4n) is 1.80. The number of rotatable bonds is 4. The van der Waals surface area contributed by atoms with Gasteiger partial charge in [0.1, 0.15) is 6.04 Å². The smallest absolute Gasteiger partial charge is 0.322 e. The fourth-order valence-corrected chi connectivity index (χ4v) is 1.93. The van der Waals surface area contributed by atoms with Crippen LogP contribution in [0.25, 0.3) is 11.3 Å². The molecule has 0 aliphatic heterocycles. The molecule has 5 nitrogen and oxygen atoms in total. The van der Waals surface area contributed by atoms with E-state index in [0.717, 1.165) is 16.8 Å². The summed E-state index contributed by atoms with van der Waals surface area (Å²) in [4.78, 5) is 11.3. The van der Waals surface area contributed by atoms with E-state index in [4.69, 9.17) is 17.3 Å². The molecule has 1 heterocycles. The van der Waals surface area contributed by atoms with Crippen molar-refractivity contribution < 1.29 is 9.53 Å². The molecule has 0 aliphatic carbocycles. The number of H-pyrrole nitrogens is 1. The maximum Gasteiger partial charge on any atom is 0.322 e. The van der Waals surface area contributed by atoms with Crippen molar-refractivity contribution in [2.24, 2.45) is 5.73 Å². The third kappa shape index (κ3) is 3.13. The van der Waals surface area contributed by atoms with Crippen LogP contribution in [0.15, 0.2) is 30.5 Å². The van der Waals surface area contributed by atoms with Gasteiger partial charge >= 0.3 is 5.97 Å². The first-order valence-electron chi connectivity index (χ1n) is 5.73. The van der Waals surface area contributed by atoms with E-state index in [1.54, 1.807) is 18.3 Å². The van der Waals surface area contributed by atoms with Crippen molar-refractivity contribution in [1.82, 2.24) is 10.2 Å². The van der Waals surface area contributed by atoms with Gasteiger partial charge in [-0.05, 0) is 23.3 Å². The van der Waals surface area contributed by atoms with Crippen LogP contribution in [0, 0.1) is 0 Å². The van der Waals surface area contributed by atoms with Gasteiger partial charge < -0.3 is 10.5 Å². The number of hydrogen-bond donors (Lipinski definition) is 2. The van der Waals surface area contributed by atoms with Crippen LogP contribution < -0.4 is 5.73 Å². The van der Waals surface area contributed by atoms with Crippen molar-refractivity contribution >= 4 is 17.6 Å². The van der Waals surface area contributed by atoms with Crippen LogP contribution in [0.4, 0.5) is 0 Å². The first-order chi connectivity index (χ1) is 9.11. The van der Waals surface area contributed by atoms with Gasteiger partial charge in [0.25, 0.3) is 0 Å². The number of carbonyl (C=O) groups excluding carboxylic acids is 1. The minimum Gasteiger partial charge on any atom is -0.468 e. The lowest BCUT2D eigenvalue weighted by molar-refractivity contribution is -0.142. The van der Waals surface area contributed by atoms with Gasteiger partial charge in [0.2, 0.25) is 0 Å². The second-order valence-electron chi connectivity index (χ2n) is 4.11. The number of aromatic amines is 1. The third-order valence-corrected chi connectivity index (χ3v) is 3.05. The van der Waals surface area contributed by atoms with Crippen LogP contribution >= 0.6 is 11.6 Å². The number of esters is 1. The Kier molecular flexibility index (Phi) is 4.19. The Morgan fingerprint density at radius 1 is 1.47 bits per heavy atom. The molecular formula is C13H14ClN3O2. The van der Waals surface area contributed by atoms with E-state index in [9.17, 15) is 4.79 Å². The molecule has 3 N–H and O–H groups in total. The van der Waals surface area contributed by atoms with Gasteiger partial charge in [-0.3, -0.25) is 9.89 Å². The summed E-state index contributed by atoms with van der Waals surface area (Å²) in [7, 11) is 1.32. The molecule has 1 unspecified atom stereocenters. The normalized spacial score (nSPS) is 12.2. The Balaban J connectivity index is 2.22. The van der Waals surface area contributed by atoms with Crippen LogP contribution in [0.1, 0.15) is 5.56 Å². The van der Waals surface area contributed by atoms with E-state index in [0.29, 0.717) is 11.4 Å². The lowest BCUT2D eigenvalue weighted by atomic mass is 10.0. The Hall–Kier alpha value is -1.85. The number of halogens is 1. The maximum atomic E-state index is 11.3. The number of hydrogen-bond acceptors (Lipinski definition) is 4. The molecule has 0 radical (unpaired) electrons. The predicted octanol–water partition coefficient (Wildman–Crippen LogP) is 1.77. The Bertz CT molecular complexity index is 566. The number of methoxy groups -OCH3 is 1. The van der Waals surface area contributed by atoms with Crippen LogP contribution in [0.3, 0.4) is 0 Å². The van der Waals surface area contributed by atoms with Crippen LogP contribution in [0.5, 0.6) is 0 Å². The summed E-state index contributed by atoms with van der Waals surface area (Å²) in [6.45, 7) is 0. The van der Waals surface area contributed by atoms with Gasteiger partial charge in [0, 0.05) is 11.4 Å². The summed E-state index contributed by atoms with van der Waals surface area (Å²) in [5, 5.41) is 7.56. The number of nitrogens with one attached hydrogen (secondary N) is 1. The minimum absolute atomic E-state index is 0.362. The summed E-state index contributed by atoms with van der Waals surface area (Å²) >= 11 is 5.85. The second kappa shape index (κ2) is 5.86. The summed E-state index contributed by atoms with van der Waals surface area (Å²) in [6, 6.07) is 6.64. The van der Waals surface area contributed by atoms with Crippen molar-refractivity contribution in [3.8, 4) is 11.3 Å². The molecule has 1 atom stereocenters. The van der Waals surface area contributed by atoms with Gasteiger partial charge in [-0.1, -0.05) is 23.7 Å². The first kappa shape index (κ1) is 13.6. The quantitative estimate of drug-likeness (QED) is 0.836. The molecule has 0 amide bonds. The van der Waals surface area contributed by atoms with E-state index in [1.165, 1.54) is 7.11 Å². The van der Waals surface area contributed by atoms with Crippen molar-refractivity contribution in [2.45, 2.75) is 12.5 Å². The molecule has 19 heavy (non-hydrogen) atoms. The Morgan fingerprint density at radius 2 is 2.16 bits per heavy atom. The van der Waals surface area contributed by atoms with E-state index < -0.39 is 12.0 Å². The second-order valence-corrected chi connectivity index (χ2v) is 4.55. The minimum atomic E-state index is -0.700. The number of nitrogens with two attached hydrogens (primary N) is 1. The molecular weight excluding hydrogens is 266 g/mol. The van der Waals surface area contributed by atoms with Gasteiger partial charge in [-0.25, -0.2) is 0 Å². The highest BCUT2D eigenvalue weighted by Crippen LogP contribution is 2.23. The standard InChI is InChI=1S/C13H14ClN3O2/c1-19-13(18)11(15)6-9-7-16-17-12(9)8-2-4-10(14)5-3-8/h2-5,7,11H,6,15H2,1H3,(H,16,17). The highest BCUT2D eigenvalue weighted by atomic mass is 35.5. The molecule has 0 aliphatic rings. The molecule has 1 aromatic heterocycles. The van der Waals surface area contributed by atoms with Crippen molar-refractivity contribution in [1.29, 1.82) is 0 Å². The van der Waals surface area contributed by atoms with Gasteiger partial charge in [-0.15, -0.1) is 0 Å². The fraction of sp³-hybridized carbons (Fsp3) is 0.231. The average Bonchev–Trinajstić information content (AvgIpc) is 2.86. The number of nitrogens with zero attached hydrogens (tertiary/aromatic N) is 1. The van der Waals surface area contributed by atoms with Gasteiger partial charge in [-0.2, -0.15) is 5.10 Å². The SMILES string of the molecule is COC(=O)C(N)Cc1cn[nH]c1-c1ccc(Cl)cc1. The van der Waals surface area contributed by atoms with E-state index in [-0.39, 0.29) is 0 Å². The molecule has 0 bridgehead atoms. The summed E-state index contributed by atoms with van der Waals surface area (Å²) in [5.74, 6) is -0.441. The van der Waals surface area contributed by atoms with Crippen molar-refractivity contribution in [3.05, 3.63) is 41.0 Å².